The predicted octanol–water partition coefficient (Wildman–Crippen LogP) is 3.91. The molecule has 114 valence electrons. The fourth-order valence-electron chi connectivity index (χ4n) is 2.76. The lowest BCUT2D eigenvalue weighted by atomic mass is 9.81. The minimum Gasteiger partial charge on any atom is -0.388 e. The van der Waals surface area contributed by atoms with Crippen molar-refractivity contribution in [2.24, 2.45) is 5.41 Å². The van der Waals surface area contributed by atoms with E-state index in [2.05, 4.69) is 76.2 Å². The summed E-state index contributed by atoms with van der Waals surface area (Å²) in [6, 6.07) is 8.25. The van der Waals surface area contributed by atoms with Crippen LogP contribution in [0.2, 0.25) is 0 Å². The quantitative estimate of drug-likeness (QED) is 0.906. The van der Waals surface area contributed by atoms with E-state index in [4.69, 9.17) is 0 Å². The number of hydrogen-bond acceptors (Lipinski definition) is 2. The molecule has 1 aliphatic carbocycles. The number of allylic oxidation sites excluding steroid dienone is 2. The second-order valence-corrected chi connectivity index (χ2v) is 7.26. The number of likely N-dealkylation sites (N-methyl/N-ethyl adjacent to an activating group) is 1. The van der Waals surface area contributed by atoms with Gasteiger partial charge in [0.25, 0.3) is 0 Å². The third-order valence-electron chi connectivity index (χ3n) is 3.88. The molecule has 2 unspecified atom stereocenters. The van der Waals surface area contributed by atoms with Crippen LogP contribution < -0.4 is 0 Å². The third kappa shape index (κ3) is 3.84. The van der Waals surface area contributed by atoms with E-state index in [1.54, 1.807) is 0 Å². The molecule has 0 bridgehead atoms. The van der Waals surface area contributed by atoms with Crippen molar-refractivity contribution in [2.75, 3.05) is 20.6 Å². The number of rotatable bonds is 4. The first-order valence-electron chi connectivity index (χ1n) is 7.59. The highest BCUT2D eigenvalue weighted by Gasteiger charge is 2.27. The van der Waals surface area contributed by atoms with Crippen molar-refractivity contribution in [1.82, 2.24) is 4.90 Å². The molecule has 0 aromatic heterocycles. The van der Waals surface area contributed by atoms with E-state index in [1.165, 1.54) is 11.1 Å². The smallest absolute Gasteiger partial charge is 0.0841 e. The van der Waals surface area contributed by atoms with Crippen LogP contribution in [0.25, 0.3) is 0 Å². The van der Waals surface area contributed by atoms with Crippen LogP contribution in [-0.2, 0) is 0 Å². The molecule has 1 aliphatic rings. The highest BCUT2D eigenvalue weighted by Crippen LogP contribution is 2.38. The van der Waals surface area contributed by atoms with Gasteiger partial charge in [-0.1, -0.05) is 63.3 Å². The van der Waals surface area contributed by atoms with E-state index < -0.39 is 6.10 Å². The molecule has 21 heavy (non-hydrogen) atoms. The summed E-state index contributed by atoms with van der Waals surface area (Å²) in [6.45, 7) is 7.18. The Hall–Kier alpha value is -1.38. The van der Waals surface area contributed by atoms with Gasteiger partial charge in [-0.25, -0.2) is 0 Å². The molecule has 0 radical (unpaired) electrons. The average Bonchev–Trinajstić information content (AvgIpc) is 2.84. The van der Waals surface area contributed by atoms with E-state index in [1.807, 2.05) is 6.07 Å². The molecule has 2 rings (SSSR count). The van der Waals surface area contributed by atoms with Gasteiger partial charge < -0.3 is 10.0 Å². The number of aliphatic hydroxyl groups is 1. The van der Waals surface area contributed by atoms with Crippen LogP contribution in [0.15, 0.2) is 48.1 Å². The zero-order valence-corrected chi connectivity index (χ0v) is 13.8. The summed E-state index contributed by atoms with van der Waals surface area (Å²) in [4.78, 5) is 2.18. The highest BCUT2D eigenvalue weighted by atomic mass is 16.3. The molecule has 0 saturated carbocycles. The van der Waals surface area contributed by atoms with Gasteiger partial charge in [0.05, 0.1) is 6.10 Å². The van der Waals surface area contributed by atoms with E-state index in [-0.39, 0.29) is 11.3 Å². The summed E-state index contributed by atoms with van der Waals surface area (Å²) >= 11 is 0. The van der Waals surface area contributed by atoms with Gasteiger partial charge in [0, 0.05) is 12.5 Å². The van der Waals surface area contributed by atoms with Gasteiger partial charge in [-0.3, -0.25) is 0 Å². The van der Waals surface area contributed by atoms with Crippen molar-refractivity contribution >= 4 is 0 Å². The molecule has 0 saturated heterocycles. The number of hydrogen-bond donors (Lipinski definition) is 1. The maximum atomic E-state index is 10.7. The van der Waals surface area contributed by atoms with Crippen molar-refractivity contribution in [3.05, 3.63) is 59.2 Å². The van der Waals surface area contributed by atoms with E-state index in [9.17, 15) is 5.11 Å². The first-order chi connectivity index (χ1) is 9.79. The summed E-state index contributed by atoms with van der Waals surface area (Å²) in [5.74, 6) is 0.271. The summed E-state index contributed by atoms with van der Waals surface area (Å²) < 4.78 is 0. The van der Waals surface area contributed by atoms with E-state index in [0.717, 1.165) is 12.1 Å². The standard InChI is InChI=1S/C19H27NO/c1-19(2,3)18(21)17-9-7-6-8-16(17)15-11-10-14(12-15)13-20(4)5/h6-12,15,18,21H,13H2,1-5H3. The third-order valence-corrected chi connectivity index (χ3v) is 3.88. The minimum atomic E-state index is -0.451. The fraction of sp³-hybridized carbons (Fsp3) is 0.474. The Morgan fingerprint density at radius 3 is 2.48 bits per heavy atom. The molecule has 0 amide bonds. The van der Waals surface area contributed by atoms with Gasteiger partial charge in [0.1, 0.15) is 0 Å². The molecule has 1 aromatic rings. The van der Waals surface area contributed by atoms with Crippen LogP contribution >= 0.6 is 0 Å². The minimum absolute atomic E-state index is 0.158. The second kappa shape index (κ2) is 6.17. The normalized spacial score (nSPS) is 20.0. The monoisotopic (exact) mass is 285 g/mol. The molecule has 1 N–H and O–H groups in total. The zero-order chi connectivity index (χ0) is 15.6. The van der Waals surface area contributed by atoms with Crippen LogP contribution in [0.1, 0.15) is 43.9 Å². The molecular weight excluding hydrogens is 258 g/mol. The van der Waals surface area contributed by atoms with Crippen LogP contribution in [-0.4, -0.2) is 30.6 Å². The molecular formula is C19H27NO. The van der Waals surface area contributed by atoms with Gasteiger partial charge in [0.15, 0.2) is 0 Å². The summed E-state index contributed by atoms with van der Waals surface area (Å²) in [5.41, 5.74) is 3.44. The zero-order valence-electron chi connectivity index (χ0n) is 13.8. The van der Waals surface area contributed by atoms with Gasteiger partial charge in [-0.2, -0.15) is 0 Å². The maximum Gasteiger partial charge on any atom is 0.0841 e. The van der Waals surface area contributed by atoms with Crippen LogP contribution in [0.3, 0.4) is 0 Å². The predicted molar refractivity (Wildman–Crippen MR) is 89.4 cm³/mol. The molecule has 1 aromatic carbocycles. The van der Waals surface area contributed by atoms with Gasteiger partial charge >= 0.3 is 0 Å². The Balaban J connectivity index is 2.30. The second-order valence-electron chi connectivity index (χ2n) is 7.26. The van der Waals surface area contributed by atoms with Crippen molar-refractivity contribution in [1.29, 1.82) is 0 Å². The lowest BCUT2D eigenvalue weighted by Gasteiger charge is -2.28. The summed E-state index contributed by atoms with van der Waals surface area (Å²) in [7, 11) is 4.17. The number of benzene rings is 1. The molecule has 2 heteroatoms. The molecule has 0 spiro atoms. The van der Waals surface area contributed by atoms with Crippen LogP contribution in [0.4, 0.5) is 0 Å². The molecule has 0 heterocycles. The number of nitrogens with zero attached hydrogens (tertiary/aromatic N) is 1. The lowest BCUT2D eigenvalue weighted by Crippen LogP contribution is -2.19. The number of aliphatic hydroxyl groups excluding tert-OH is 1. The molecule has 0 aliphatic heterocycles. The molecule has 2 atom stereocenters. The highest BCUT2D eigenvalue weighted by molar-refractivity contribution is 5.44. The molecule has 0 fully saturated rings. The first-order valence-corrected chi connectivity index (χ1v) is 7.59. The topological polar surface area (TPSA) is 23.5 Å². The Morgan fingerprint density at radius 1 is 1.19 bits per heavy atom. The van der Waals surface area contributed by atoms with E-state index in [0.29, 0.717) is 0 Å². The van der Waals surface area contributed by atoms with Crippen molar-refractivity contribution in [3.8, 4) is 0 Å². The fourth-order valence-corrected chi connectivity index (χ4v) is 2.76. The Kier molecular flexibility index (Phi) is 4.70. The van der Waals surface area contributed by atoms with Gasteiger partial charge in [-0.05, 0) is 36.2 Å². The van der Waals surface area contributed by atoms with Gasteiger partial charge in [0.2, 0.25) is 0 Å². The largest absolute Gasteiger partial charge is 0.388 e. The van der Waals surface area contributed by atoms with Crippen LogP contribution in [0, 0.1) is 5.41 Å². The summed E-state index contributed by atoms with van der Waals surface area (Å²) in [5, 5.41) is 10.7. The average molecular weight is 285 g/mol. The van der Waals surface area contributed by atoms with Crippen molar-refractivity contribution in [2.45, 2.75) is 32.8 Å². The SMILES string of the molecule is CN(C)CC1=CC(c2ccccc2C(O)C(C)(C)C)C=C1. The van der Waals surface area contributed by atoms with Gasteiger partial charge in [-0.15, -0.1) is 0 Å². The Morgan fingerprint density at radius 2 is 1.86 bits per heavy atom. The van der Waals surface area contributed by atoms with Crippen LogP contribution in [0.5, 0.6) is 0 Å². The molecule has 2 nitrogen and oxygen atoms in total. The summed E-state index contributed by atoms with van der Waals surface area (Å²) in [6.07, 6.45) is 6.28. The van der Waals surface area contributed by atoms with Crippen molar-refractivity contribution in [3.63, 3.8) is 0 Å². The maximum absolute atomic E-state index is 10.7. The Labute approximate surface area is 128 Å². The first kappa shape index (κ1) is 16.0. The van der Waals surface area contributed by atoms with E-state index >= 15 is 0 Å². The lowest BCUT2D eigenvalue weighted by molar-refractivity contribution is 0.0619. The Bertz CT molecular complexity index is 549. The van der Waals surface area contributed by atoms with Crippen molar-refractivity contribution < 1.29 is 5.11 Å².